The van der Waals surface area contributed by atoms with Gasteiger partial charge in [-0.15, -0.1) is 0 Å². The molecule has 3 nitrogen and oxygen atoms in total. The third-order valence-electron chi connectivity index (χ3n) is 1.78. The maximum Gasteiger partial charge on any atom is 0.219 e. The number of amides is 1. The maximum absolute atomic E-state index is 10.5. The van der Waals surface area contributed by atoms with E-state index in [1.807, 2.05) is 0 Å². The van der Waals surface area contributed by atoms with Crippen molar-refractivity contribution in [2.45, 2.75) is 32.4 Å². The standard InChI is InChI=1S/C7H13NO2/c1-5-3-7(10,4-5)8-6(2)9/h5,10H,3-4H2,1-2H3,(H,8,9). The van der Waals surface area contributed by atoms with E-state index in [9.17, 15) is 9.90 Å². The number of hydrogen-bond acceptors (Lipinski definition) is 2. The average molecular weight is 143 g/mol. The van der Waals surface area contributed by atoms with Gasteiger partial charge < -0.3 is 10.4 Å². The Balaban J connectivity index is 2.34. The Kier molecular flexibility index (Phi) is 1.68. The van der Waals surface area contributed by atoms with Crippen molar-refractivity contribution in [2.75, 3.05) is 0 Å². The van der Waals surface area contributed by atoms with E-state index in [1.54, 1.807) is 0 Å². The van der Waals surface area contributed by atoms with Crippen LogP contribution in [0.3, 0.4) is 0 Å². The van der Waals surface area contributed by atoms with Crippen molar-refractivity contribution in [1.82, 2.24) is 5.32 Å². The molecule has 0 saturated heterocycles. The summed E-state index contributed by atoms with van der Waals surface area (Å²) in [6.07, 6.45) is 1.37. The van der Waals surface area contributed by atoms with Crippen molar-refractivity contribution in [3.63, 3.8) is 0 Å². The Labute approximate surface area is 60.4 Å². The third-order valence-corrected chi connectivity index (χ3v) is 1.78. The fraction of sp³-hybridized carbons (Fsp3) is 0.857. The summed E-state index contributed by atoms with van der Waals surface area (Å²) in [5.74, 6) is 0.381. The molecule has 0 atom stereocenters. The van der Waals surface area contributed by atoms with Gasteiger partial charge >= 0.3 is 0 Å². The van der Waals surface area contributed by atoms with E-state index in [4.69, 9.17) is 0 Å². The summed E-state index contributed by atoms with van der Waals surface area (Å²) < 4.78 is 0. The predicted octanol–water partition coefficient (Wildman–Crippen LogP) is 0.241. The van der Waals surface area contributed by atoms with Gasteiger partial charge in [-0.3, -0.25) is 4.79 Å². The van der Waals surface area contributed by atoms with Crippen LogP contribution in [0.15, 0.2) is 0 Å². The highest BCUT2D eigenvalue weighted by Crippen LogP contribution is 2.34. The minimum Gasteiger partial charge on any atom is -0.371 e. The Morgan fingerprint density at radius 2 is 2.20 bits per heavy atom. The molecule has 1 fully saturated rings. The fourth-order valence-corrected chi connectivity index (χ4v) is 1.52. The molecule has 58 valence electrons. The van der Waals surface area contributed by atoms with Crippen LogP contribution in [0.25, 0.3) is 0 Å². The third kappa shape index (κ3) is 1.48. The largest absolute Gasteiger partial charge is 0.371 e. The number of rotatable bonds is 1. The summed E-state index contributed by atoms with van der Waals surface area (Å²) >= 11 is 0. The topological polar surface area (TPSA) is 49.3 Å². The van der Waals surface area contributed by atoms with Gasteiger partial charge in [0.2, 0.25) is 5.91 Å². The highest BCUT2D eigenvalue weighted by atomic mass is 16.3. The molecule has 0 heterocycles. The van der Waals surface area contributed by atoms with E-state index in [0.29, 0.717) is 18.8 Å². The first-order chi connectivity index (χ1) is 4.52. The monoisotopic (exact) mass is 143 g/mol. The lowest BCUT2D eigenvalue weighted by atomic mass is 9.78. The summed E-state index contributed by atoms with van der Waals surface area (Å²) in [5, 5.41) is 11.9. The van der Waals surface area contributed by atoms with Crippen LogP contribution >= 0.6 is 0 Å². The molecule has 0 aromatic rings. The lowest BCUT2D eigenvalue weighted by Gasteiger charge is -2.42. The van der Waals surface area contributed by atoms with E-state index < -0.39 is 5.72 Å². The van der Waals surface area contributed by atoms with Crippen molar-refractivity contribution in [3.05, 3.63) is 0 Å². The average Bonchev–Trinajstić information content (AvgIpc) is 1.57. The Hall–Kier alpha value is -0.570. The SMILES string of the molecule is CC(=O)NC1(O)CC(C)C1. The van der Waals surface area contributed by atoms with E-state index in [2.05, 4.69) is 12.2 Å². The Morgan fingerprint density at radius 1 is 1.70 bits per heavy atom. The van der Waals surface area contributed by atoms with Gasteiger partial charge in [-0.2, -0.15) is 0 Å². The molecule has 1 saturated carbocycles. The highest BCUT2D eigenvalue weighted by Gasteiger charge is 2.40. The minimum atomic E-state index is -0.884. The van der Waals surface area contributed by atoms with Crippen molar-refractivity contribution in [2.24, 2.45) is 5.92 Å². The molecule has 0 unspecified atom stereocenters. The first-order valence-electron chi connectivity index (χ1n) is 3.53. The predicted molar refractivity (Wildman–Crippen MR) is 37.2 cm³/mol. The molecular formula is C7H13NO2. The fourth-order valence-electron chi connectivity index (χ4n) is 1.52. The van der Waals surface area contributed by atoms with Gasteiger partial charge in [-0.25, -0.2) is 0 Å². The summed E-state index contributed by atoms with van der Waals surface area (Å²) in [6, 6.07) is 0. The highest BCUT2D eigenvalue weighted by molar-refractivity contribution is 5.73. The van der Waals surface area contributed by atoms with Crippen LogP contribution in [-0.4, -0.2) is 16.7 Å². The molecule has 3 heteroatoms. The van der Waals surface area contributed by atoms with E-state index >= 15 is 0 Å². The van der Waals surface area contributed by atoms with E-state index in [0.717, 1.165) is 0 Å². The second kappa shape index (κ2) is 2.23. The molecule has 0 spiro atoms. The lowest BCUT2D eigenvalue weighted by Crippen LogP contribution is -2.56. The first kappa shape index (κ1) is 7.54. The van der Waals surface area contributed by atoms with Gasteiger partial charge in [0.15, 0.2) is 0 Å². The van der Waals surface area contributed by atoms with Crippen molar-refractivity contribution < 1.29 is 9.90 Å². The molecule has 2 N–H and O–H groups in total. The Morgan fingerprint density at radius 3 is 2.50 bits per heavy atom. The molecule has 0 radical (unpaired) electrons. The number of hydrogen-bond donors (Lipinski definition) is 2. The van der Waals surface area contributed by atoms with Crippen LogP contribution in [0.1, 0.15) is 26.7 Å². The van der Waals surface area contributed by atoms with Crippen LogP contribution in [0.4, 0.5) is 0 Å². The number of carbonyl (C=O) groups is 1. The first-order valence-corrected chi connectivity index (χ1v) is 3.53. The zero-order valence-electron chi connectivity index (χ0n) is 6.35. The van der Waals surface area contributed by atoms with Crippen molar-refractivity contribution in [3.8, 4) is 0 Å². The van der Waals surface area contributed by atoms with Crippen molar-refractivity contribution in [1.29, 1.82) is 0 Å². The summed E-state index contributed by atoms with van der Waals surface area (Å²) in [6.45, 7) is 3.47. The molecule has 0 bridgehead atoms. The maximum atomic E-state index is 10.5. The minimum absolute atomic E-state index is 0.158. The number of nitrogens with one attached hydrogen (secondary N) is 1. The van der Waals surface area contributed by atoms with Gasteiger partial charge in [0, 0.05) is 6.92 Å². The van der Waals surface area contributed by atoms with Gasteiger partial charge in [-0.1, -0.05) is 6.92 Å². The van der Waals surface area contributed by atoms with Crippen molar-refractivity contribution >= 4 is 5.91 Å². The van der Waals surface area contributed by atoms with Gasteiger partial charge in [-0.05, 0) is 18.8 Å². The zero-order chi connectivity index (χ0) is 7.78. The quantitative estimate of drug-likeness (QED) is 0.517. The number of aliphatic hydroxyl groups is 1. The molecule has 0 aromatic heterocycles. The molecule has 10 heavy (non-hydrogen) atoms. The van der Waals surface area contributed by atoms with Crippen LogP contribution < -0.4 is 5.32 Å². The van der Waals surface area contributed by atoms with Crippen LogP contribution in [0, 0.1) is 5.92 Å². The second-order valence-corrected chi connectivity index (χ2v) is 3.23. The van der Waals surface area contributed by atoms with Gasteiger partial charge in [0.05, 0.1) is 0 Å². The smallest absolute Gasteiger partial charge is 0.219 e. The van der Waals surface area contributed by atoms with Crippen LogP contribution in [-0.2, 0) is 4.79 Å². The molecule has 1 aliphatic rings. The van der Waals surface area contributed by atoms with Crippen LogP contribution in [0.5, 0.6) is 0 Å². The molecule has 1 amide bonds. The molecule has 1 aliphatic carbocycles. The van der Waals surface area contributed by atoms with E-state index in [-0.39, 0.29) is 5.91 Å². The Bertz CT molecular complexity index is 150. The van der Waals surface area contributed by atoms with Gasteiger partial charge in [0.25, 0.3) is 0 Å². The van der Waals surface area contributed by atoms with Crippen LogP contribution in [0.2, 0.25) is 0 Å². The molecular weight excluding hydrogens is 130 g/mol. The van der Waals surface area contributed by atoms with E-state index in [1.165, 1.54) is 6.92 Å². The second-order valence-electron chi connectivity index (χ2n) is 3.23. The lowest BCUT2D eigenvalue weighted by molar-refractivity contribution is -0.139. The normalized spacial score (nSPS) is 38.5. The summed E-state index contributed by atoms with van der Waals surface area (Å²) in [5.41, 5.74) is -0.884. The molecule has 1 rings (SSSR count). The molecule has 0 aromatic carbocycles. The van der Waals surface area contributed by atoms with Gasteiger partial charge in [0.1, 0.15) is 5.72 Å². The number of carbonyl (C=O) groups excluding carboxylic acids is 1. The summed E-state index contributed by atoms with van der Waals surface area (Å²) in [7, 11) is 0. The summed E-state index contributed by atoms with van der Waals surface area (Å²) in [4.78, 5) is 10.5. The zero-order valence-corrected chi connectivity index (χ0v) is 6.35. The molecule has 0 aliphatic heterocycles.